The average Bonchev–Trinajstić information content (AvgIpc) is 2.38. The summed E-state index contributed by atoms with van der Waals surface area (Å²) < 4.78 is 0. The Kier molecular flexibility index (Phi) is 3.65. The van der Waals surface area contributed by atoms with Crippen LogP contribution in [0.4, 0.5) is 0 Å². The Hall–Kier alpha value is -2.57. The predicted molar refractivity (Wildman–Crippen MR) is 68.1 cm³/mol. The molecule has 1 unspecified atom stereocenters. The van der Waals surface area contributed by atoms with E-state index in [0.717, 1.165) is 0 Å². The summed E-state index contributed by atoms with van der Waals surface area (Å²) in [6, 6.07) is 3.01. The molecule has 0 saturated carbocycles. The molecule has 3 N–H and O–H groups in total. The molecule has 98 valence electrons. The van der Waals surface area contributed by atoms with Gasteiger partial charge in [0.05, 0.1) is 11.4 Å². The van der Waals surface area contributed by atoms with Gasteiger partial charge in [0.2, 0.25) is 5.91 Å². The number of primary amides is 1. The quantitative estimate of drug-likeness (QED) is 0.814. The Morgan fingerprint density at radius 2 is 2.26 bits per heavy atom. The van der Waals surface area contributed by atoms with Crippen LogP contribution in [0.2, 0.25) is 0 Å². The predicted octanol–water partition coefficient (Wildman–Crippen LogP) is 0.206. The molecule has 0 aliphatic heterocycles. The maximum atomic E-state index is 11.6. The molecular formula is C12H13N5O2. The Balaban J connectivity index is 2.40. The normalized spacial score (nSPS) is 12.1. The van der Waals surface area contributed by atoms with Crippen molar-refractivity contribution in [1.29, 1.82) is 0 Å². The van der Waals surface area contributed by atoms with Gasteiger partial charge in [0.15, 0.2) is 0 Å². The summed E-state index contributed by atoms with van der Waals surface area (Å²) in [6.07, 6.45) is 3.07. The minimum Gasteiger partial charge on any atom is -0.370 e. The molecule has 0 aliphatic carbocycles. The van der Waals surface area contributed by atoms with Crippen LogP contribution in [-0.2, 0) is 4.79 Å². The summed E-state index contributed by atoms with van der Waals surface area (Å²) in [5.41, 5.74) is 5.83. The average molecular weight is 259 g/mol. The molecule has 2 heterocycles. The van der Waals surface area contributed by atoms with E-state index in [9.17, 15) is 9.59 Å². The topological polar surface area (TPSA) is 115 Å². The molecule has 0 radical (unpaired) electrons. The van der Waals surface area contributed by atoms with Gasteiger partial charge >= 0.3 is 0 Å². The number of amides is 1. The van der Waals surface area contributed by atoms with Crippen molar-refractivity contribution < 1.29 is 4.79 Å². The van der Waals surface area contributed by atoms with Crippen LogP contribution in [0, 0.1) is 0 Å². The molecule has 0 spiro atoms. The lowest BCUT2D eigenvalue weighted by Crippen LogP contribution is -2.18. The first kappa shape index (κ1) is 12.9. The number of H-pyrrole nitrogens is 1. The molecule has 1 amide bonds. The van der Waals surface area contributed by atoms with Crippen LogP contribution in [0.5, 0.6) is 0 Å². The van der Waals surface area contributed by atoms with Crippen LogP contribution in [0.15, 0.2) is 29.5 Å². The number of nitrogens with two attached hydrogens (primary N) is 1. The van der Waals surface area contributed by atoms with Gasteiger partial charge in [0, 0.05) is 24.6 Å². The molecular weight excluding hydrogens is 246 g/mol. The van der Waals surface area contributed by atoms with Crippen molar-refractivity contribution in [2.45, 2.75) is 19.3 Å². The second-order valence-electron chi connectivity index (χ2n) is 4.18. The van der Waals surface area contributed by atoms with E-state index in [0.29, 0.717) is 17.2 Å². The first-order chi connectivity index (χ1) is 9.06. The van der Waals surface area contributed by atoms with Crippen molar-refractivity contribution >= 4 is 5.91 Å². The maximum absolute atomic E-state index is 11.6. The highest BCUT2D eigenvalue weighted by atomic mass is 16.1. The van der Waals surface area contributed by atoms with Gasteiger partial charge in [-0.25, -0.2) is 15.0 Å². The maximum Gasteiger partial charge on any atom is 0.251 e. The summed E-state index contributed by atoms with van der Waals surface area (Å²) >= 11 is 0. The standard InChI is InChI=1S/C12H13N5O2/c1-7(4-10(13)18)12-16-9(5-11(19)17-12)8-2-3-14-6-15-8/h2-3,5-7H,4H2,1H3,(H2,13,18)(H,16,17,19). The van der Waals surface area contributed by atoms with Gasteiger partial charge in [-0.2, -0.15) is 0 Å². The third-order valence-corrected chi connectivity index (χ3v) is 2.58. The summed E-state index contributed by atoms with van der Waals surface area (Å²) in [5.74, 6) is -0.283. The van der Waals surface area contributed by atoms with Gasteiger partial charge in [-0.15, -0.1) is 0 Å². The third kappa shape index (κ3) is 3.21. The minimum absolute atomic E-state index is 0.121. The van der Waals surface area contributed by atoms with Gasteiger partial charge in [-0.3, -0.25) is 9.59 Å². The molecule has 1 atom stereocenters. The van der Waals surface area contributed by atoms with E-state index in [4.69, 9.17) is 5.73 Å². The number of hydrogen-bond donors (Lipinski definition) is 2. The fraction of sp³-hybridized carbons (Fsp3) is 0.250. The fourth-order valence-corrected chi connectivity index (χ4v) is 1.68. The third-order valence-electron chi connectivity index (χ3n) is 2.58. The Bertz CT molecular complexity index is 638. The van der Waals surface area contributed by atoms with Crippen LogP contribution in [-0.4, -0.2) is 25.8 Å². The van der Waals surface area contributed by atoms with Gasteiger partial charge < -0.3 is 10.7 Å². The fourth-order valence-electron chi connectivity index (χ4n) is 1.68. The molecule has 0 bridgehead atoms. The SMILES string of the molecule is CC(CC(N)=O)c1nc(-c2ccncn2)cc(=O)[nH]1. The minimum atomic E-state index is -0.442. The summed E-state index contributed by atoms with van der Waals surface area (Å²) in [7, 11) is 0. The largest absolute Gasteiger partial charge is 0.370 e. The molecule has 2 aromatic heterocycles. The smallest absolute Gasteiger partial charge is 0.251 e. The zero-order valence-corrected chi connectivity index (χ0v) is 10.3. The lowest BCUT2D eigenvalue weighted by Gasteiger charge is -2.09. The van der Waals surface area contributed by atoms with Crippen molar-refractivity contribution in [2.24, 2.45) is 5.73 Å². The summed E-state index contributed by atoms with van der Waals surface area (Å²) in [5, 5.41) is 0. The molecule has 7 heteroatoms. The number of carbonyl (C=O) groups excluding carboxylic acids is 1. The van der Waals surface area contributed by atoms with Crippen LogP contribution in [0.25, 0.3) is 11.4 Å². The van der Waals surface area contributed by atoms with E-state index in [-0.39, 0.29) is 17.9 Å². The van der Waals surface area contributed by atoms with E-state index in [1.165, 1.54) is 12.4 Å². The zero-order valence-electron chi connectivity index (χ0n) is 10.3. The van der Waals surface area contributed by atoms with E-state index in [1.807, 2.05) is 0 Å². The van der Waals surface area contributed by atoms with Gasteiger partial charge in [-0.1, -0.05) is 6.92 Å². The Morgan fingerprint density at radius 3 is 2.89 bits per heavy atom. The van der Waals surface area contributed by atoms with E-state index in [2.05, 4.69) is 19.9 Å². The first-order valence-corrected chi connectivity index (χ1v) is 5.72. The van der Waals surface area contributed by atoms with Crippen molar-refractivity contribution in [3.05, 3.63) is 40.8 Å². The molecule has 0 aliphatic rings. The second kappa shape index (κ2) is 5.38. The van der Waals surface area contributed by atoms with E-state index < -0.39 is 5.91 Å². The van der Waals surface area contributed by atoms with Crippen LogP contribution in [0.3, 0.4) is 0 Å². The van der Waals surface area contributed by atoms with Crippen LogP contribution in [0.1, 0.15) is 25.1 Å². The lowest BCUT2D eigenvalue weighted by atomic mass is 10.1. The van der Waals surface area contributed by atoms with Crippen molar-refractivity contribution in [2.75, 3.05) is 0 Å². The Labute approximate surface area is 108 Å². The monoisotopic (exact) mass is 259 g/mol. The molecule has 19 heavy (non-hydrogen) atoms. The highest BCUT2D eigenvalue weighted by Crippen LogP contribution is 2.16. The molecule has 2 rings (SSSR count). The van der Waals surface area contributed by atoms with Crippen molar-refractivity contribution in [3.8, 4) is 11.4 Å². The highest BCUT2D eigenvalue weighted by Gasteiger charge is 2.13. The summed E-state index contributed by atoms with van der Waals surface area (Å²) in [6.45, 7) is 1.77. The van der Waals surface area contributed by atoms with E-state index in [1.54, 1.807) is 19.2 Å². The molecule has 0 aromatic carbocycles. The number of hydrogen-bond acceptors (Lipinski definition) is 5. The molecule has 0 fully saturated rings. The van der Waals surface area contributed by atoms with Crippen molar-refractivity contribution in [3.63, 3.8) is 0 Å². The van der Waals surface area contributed by atoms with Gasteiger partial charge in [0.1, 0.15) is 12.2 Å². The summed E-state index contributed by atoms with van der Waals surface area (Å²) in [4.78, 5) is 37.3. The van der Waals surface area contributed by atoms with Gasteiger partial charge in [-0.05, 0) is 6.07 Å². The zero-order chi connectivity index (χ0) is 13.8. The molecule has 0 saturated heterocycles. The number of aromatic amines is 1. The van der Waals surface area contributed by atoms with Crippen molar-refractivity contribution in [1.82, 2.24) is 19.9 Å². The second-order valence-corrected chi connectivity index (χ2v) is 4.18. The number of rotatable bonds is 4. The van der Waals surface area contributed by atoms with Crippen LogP contribution < -0.4 is 11.3 Å². The lowest BCUT2D eigenvalue weighted by molar-refractivity contribution is -0.118. The molecule has 2 aromatic rings. The Morgan fingerprint density at radius 1 is 1.47 bits per heavy atom. The number of aromatic nitrogens is 4. The number of carbonyl (C=O) groups is 1. The first-order valence-electron chi connectivity index (χ1n) is 5.72. The van der Waals surface area contributed by atoms with Gasteiger partial charge in [0.25, 0.3) is 5.56 Å². The number of nitrogens with zero attached hydrogens (tertiary/aromatic N) is 3. The highest BCUT2D eigenvalue weighted by molar-refractivity contribution is 5.74. The van der Waals surface area contributed by atoms with Crippen LogP contribution >= 0.6 is 0 Å². The molecule has 7 nitrogen and oxygen atoms in total. The van der Waals surface area contributed by atoms with E-state index >= 15 is 0 Å². The number of nitrogens with one attached hydrogen (secondary N) is 1.